The summed E-state index contributed by atoms with van der Waals surface area (Å²) in [5.74, 6) is 0.0265. The Balaban J connectivity index is 2.35. The Morgan fingerprint density at radius 1 is 1.14 bits per heavy atom. The first-order valence-corrected chi connectivity index (χ1v) is 7.00. The number of aromatic nitrogens is 1. The Morgan fingerprint density at radius 3 is 2.43 bits per heavy atom. The van der Waals surface area contributed by atoms with Crippen molar-refractivity contribution < 1.29 is 9.53 Å². The molecule has 3 nitrogen and oxygen atoms in total. The molecule has 0 saturated heterocycles. The van der Waals surface area contributed by atoms with Gasteiger partial charge < -0.3 is 4.74 Å². The molecule has 0 saturated carbocycles. The third-order valence-electron chi connectivity index (χ3n) is 2.60. The smallest absolute Gasteiger partial charge is 0.308 e. The number of esters is 1. The van der Waals surface area contributed by atoms with Gasteiger partial charge in [0, 0.05) is 22.7 Å². The number of hydrogen-bond donors (Lipinski definition) is 0. The molecule has 2 aromatic rings. The highest BCUT2D eigenvalue weighted by atomic mass is 35.5. The van der Waals surface area contributed by atoms with Crippen molar-refractivity contribution in [2.45, 2.75) is 13.8 Å². The lowest BCUT2D eigenvalue weighted by Gasteiger charge is -2.05. The standard InChI is InChI=1S/C16H13Cl2NO2/c1-10-3-6-16(21-11(2)20)15(19-10)5-4-12-7-13(17)9-14(18)8-12/h3-9H,1-2H3/b5-4+. The number of halogens is 2. The van der Waals surface area contributed by atoms with Crippen molar-refractivity contribution in [1.29, 1.82) is 0 Å². The second kappa shape index (κ2) is 6.74. The van der Waals surface area contributed by atoms with Gasteiger partial charge in [-0.15, -0.1) is 0 Å². The summed E-state index contributed by atoms with van der Waals surface area (Å²) in [7, 11) is 0. The average Bonchev–Trinajstić information content (AvgIpc) is 2.37. The SMILES string of the molecule is CC(=O)Oc1ccc(C)nc1/C=C/c1cc(Cl)cc(Cl)c1. The van der Waals surface area contributed by atoms with E-state index in [2.05, 4.69) is 4.98 Å². The van der Waals surface area contributed by atoms with Gasteiger partial charge in [0.05, 0.1) is 0 Å². The zero-order valence-corrected chi connectivity index (χ0v) is 13.1. The number of nitrogens with zero attached hydrogens (tertiary/aromatic N) is 1. The van der Waals surface area contributed by atoms with E-state index in [0.29, 0.717) is 21.5 Å². The van der Waals surface area contributed by atoms with Crippen LogP contribution < -0.4 is 4.74 Å². The average molecular weight is 322 g/mol. The minimum atomic E-state index is -0.388. The quantitative estimate of drug-likeness (QED) is 0.763. The van der Waals surface area contributed by atoms with Gasteiger partial charge in [0.25, 0.3) is 0 Å². The fourth-order valence-corrected chi connectivity index (χ4v) is 2.31. The molecule has 0 spiro atoms. The predicted octanol–water partition coefficient (Wildman–Crippen LogP) is 4.79. The third kappa shape index (κ3) is 4.59. The van der Waals surface area contributed by atoms with Gasteiger partial charge in [-0.2, -0.15) is 0 Å². The zero-order chi connectivity index (χ0) is 15.4. The molecule has 0 bridgehead atoms. The molecule has 0 radical (unpaired) electrons. The molecule has 5 heteroatoms. The number of pyridine rings is 1. The molecule has 1 aromatic carbocycles. The van der Waals surface area contributed by atoms with Crippen LogP contribution in [0, 0.1) is 6.92 Å². The minimum Gasteiger partial charge on any atom is -0.424 e. The van der Waals surface area contributed by atoms with E-state index < -0.39 is 0 Å². The summed E-state index contributed by atoms with van der Waals surface area (Å²) in [6, 6.07) is 8.73. The second-order valence-electron chi connectivity index (χ2n) is 4.47. The van der Waals surface area contributed by atoms with Gasteiger partial charge in [0.2, 0.25) is 0 Å². The molecule has 2 rings (SSSR count). The largest absolute Gasteiger partial charge is 0.424 e. The van der Waals surface area contributed by atoms with Crippen molar-refractivity contribution in [2.75, 3.05) is 0 Å². The lowest BCUT2D eigenvalue weighted by Crippen LogP contribution is -2.04. The van der Waals surface area contributed by atoms with Crippen LogP contribution in [0.1, 0.15) is 23.9 Å². The van der Waals surface area contributed by atoms with E-state index in [-0.39, 0.29) is 5.97 Å². The molecular weight excluding hydrogens is 309 g/mol. The van der Waals surface area contributed by atoms with E-state index in [1.165, 1.54) is 6.92 Å². The monoisotopic (exact) mass is 321 g/mol. The Morgan fingerprint density at radius 2 is 1.81 bits per heavy atom. The fraction of sp³-hybridized carbons (Fsp3) is 0.125. The van der Waals surface area contributed by atoms with Crippen molar-refractivity contribution in [3.8, 4) is 5.75 Å². The number of aryl methyl sites for hydroxylation is 1. The molecule has 0 aliphatic heterocycles. The number of rotatable bonds is 3. The molecule has 21 heavy (non-hydrogen) atoms. The summed E-state index contributed by atoms with van der Waals surface area (Å²) in [5.41, 5.74) is 2.24. The summed E-state index contributed by atoms with van der Waals surface area (Å²) >= 11 is 11.9. The maximum Gasteiger partial charge on any atom is 0.308 e. The van der Waals surface area contributed by atoms with Gasteiger partial charge in [0.15, 0.2) is 5.75 Å². The third-order valence-corrected chi connectivity index (χ3v) is 3.03. The molecule has 0 fully saturated rings. The molecule has 1 aromatic heterocycles. The van der Waals surface area contributed by atoms with E-state index >= 15 is 0 Å². The highest BCUT2D eigenvalue weighted by molar-refractivity contribution is 6.34. The van der Waals surface area contributed by atoms with Crippen LogP contribution in [0.25, 0.3) is 12.2 Å². The van der Waals surface area contributed by atoms with Gasteiger partial charge in [-0.3, -0.25) is 4.79 Å². The van der Waals surface area contributed by atoms with Gasteiger partial charge in [-0.05, 0) is 48.9 Å². The van der Waals surface area contributed by atoms with Gasteiger partial charge >= 0.3 is 5.97 Å². The molecular formula is C16H13Cl2NO2. The molecule has 0 aliphatic rings. The highest BCUT2D eigenvalue weighted by Gasteiger charge is 2.05. The zero-order valence-electron chi connectivity index (χ0n) is 11.6. The van der Waals surface area contributed by atoms with E-state index in [0.717, 1.165) is 11.3 Å². The van der Waals surface area contributed by atoms with E-state index in [4.69, 9.17) is 27.9 Å². The van der Waals surface area contributed by atoms with Gasteiger partial charge in [-0.25, -0.2) is 4.98 Å². The normalized spacial score (nSPS) is 10.9. The Bertz CT molecular complexity index is 691. The highest BCUT2D eigenvalue weighted by Crippen LogP contribution is 2.23. The van der Waals surface area contributed by atoms with E-state index in [9.17, 15) is 4.79 Å². The predicted molar refractivity (Wildman–Crippen MR) is 85.7 cm³/mol. The fourth-order valence-electron chi connectivity index (χ4n) is 1.77. The molecule has 0 atom stereocenters. The molecule has 0 N–H and O–H groups in total. The van der Waals surface area contributed by atoms with Crippen molar-refractivity contribution in [3.05, 3.63) is 57.3 Å². The number of hydrogen-bond acceptors (Lipinski definition) is 3. The van der Waals surface area contributed by atoms with Crippen LogP contribution in [0.3, 0.4) is 0 Å². The molecule has 0 unspecified atom stereocenters. The van der Waals surface area contributed by atoms with Crippen LogP contribution in [0.4, 0.5) is 0 Å². The van der Waals surface area contributed by atoms with E-state index in [1.54, 1.807) is 36.4 Å². The number of ether oxygens (including phenoxy) is 1. The number of benzene rings is 1. The lowest BCUT2D eigenvalue weighted by molar-refractivity contribution is -0.131. The Hall–Kier alpha value is -1.84. The molecule has 0 aliphatic carbocycles. The van der Waals surface area contributed by atoms with Gasteiger partial charge in [0.1, 0.15) is 5.69 Å². The van der Waals surface area contributed by atoms with Gasteiger partial charge in [-0.1, -0.05) is 29.3 Å². The first-order valence-electron chi connectivity index (χ1n) is 6.24. The maximum absolute atomic E-state index is 11.1. The minimum absolute atomic E-state index is 0.388. The van der Waals surface area contributed by atoms with Crippen molar-refractivity contribution in [1.82, 2.24) is 4.98 Å². The first-order chi connectivity index (χ1) is 9.94. The second-order valence-corrected chi connectivity index (χ2v) is 5.34. The summed E-state index contributed by atoms with van der Waals surface area (Å²) < 4.78 is 5.13. The van der Waals surface area contributed by atoms with Crippen LogP contribution in [0.15, 0.2) is 30.3 Å². The summed E-state index contributed by atoms with van der Waals surface area (Å²) in [6.45, 7) is 3.22. The molecule has 108 valence electrons. The topological polar surface area (TPSA) is 39.2 Å². The molecule has 1 heterocycles. The van der Waals surface area contributed by atoms with Crippen LogP contribution in [-0.4, -0.2) is 11.0 Å². The Kier molecular flexibility index (Phi) is 4.99. The summed E-state index contributed by atoms with van der Waals surface area (Å²) in [4.78, 5) is 15.5. The van der Waals surface area contributed by atoms with Crippen molar-refractivity contribution in [2.24, 2.45) is 0 Å². The van der Waals surface area contributed by atoms with Crippen molar-refractivity contribution in [3.63, 3.8) is 0 Å². The summed E-state index contributed by atoms with van der Waals surface area (Å²) in [5, 5.41) is 1.11. The van der Waals surface area contributed by atoms with Crippen LogP contribution in [-0.2, 0) is 4.79 Å². The summed E-state index contributed by atoms with van der Waals surface area (Å²) in [6.07, 6.45) is 3.57. The maximum atomic E-state index is 11.1. The first kappa shape index (κ1) is 15.5. The Labute approximate surface area is 133 Å². The van der Waals surface area contributed by atoms with Crippen LogP contribution >= 0.6 is 23.2 Å². The van der Waals surface area contributed by atoms with E-state index in [1.807, 2.05) is 13.0 Å². The molecule has 0 amide bonds. The number of carbonyl (C=O) groups excluding carboxylic acids is 1. The van der Waals surface area contributed by atoms with Crippen LogP contribution in [0.5, 0.6) is 5.75 Å². The van der Waals surface area contributed by atoms with Crippen molar-refractivity contribution >= 4 is 41.3 Å². The van der Waals surface area contributed by atoms with Crippen LogP contribution in [0.2, 0.25) is 10.0 Å². The lowest BCUT2D eigenvalue weighted by atomic mass is 10.2. The number of carbonyl (C=O) groups is 1.